The summed E-state index contributed by atoms with van der Waals surface area (Å²) >= 11 is 18.3. The molecule has 0 aliphatic carbocycles. The molecular weight excluding hydrogens is 858 g/mol. The van der Waals surface area contributed by atoms with E-state index in [0.717, 1.165) is 73.8 Å². The van der Waals surface area contributed by atoms with Crippen molar-refractivity contribution < 1.29 is 10.0 Å². The molecule has 8 aromatic heterocycles. The fourth-order valence-corrected chi connectivity index (χ4v) is 7.80. The van der Waals surface area contributed by atoms with Gasteiger partial charge in [0.15, 0.2) is 0 Å². The van der Waals surface area contributed by atoms with Crippen molar-refractivity contribution >= 4 is 74.4 Å². The van der Waals surface area contributed by atoms with Crippen LogP contribution in [0.1, 0.15) is 21.1 Å². The highest BCUT2D eigenvalue weighted by Crippen LogP contribution is 2.26. The minimum atomic E-state index is -1.40. The predicted molar refractivity (Wildman–Crippen MR) is 228 cm³/mol. The summed E-state index contributed by atoms with van der Waals surface area (Å²) in [6.45, 7) is 0. The Labute approximate surface area is 347 Å². The highest BCUT2D eigenvalue weighted by molar-refractivity contribution is 9.10. The van der Waals surface area contributed by atoms with E-state index >= 15 is 0 Å². The lowest BCUT2D eigenvalue weighted by molar-refractivity contribution is 0.425. The van der Waals surface area contributed by atoms with Crippen LogP contribution in [0.2, 0.25) is 8.67 Å². The topological polar surface area (TPSA) is 189 Å². The molecule has 0 saturated heterocycles. The van der Waals surface area contributed by atoms with Gasteiger partial charge in [-0.15, -0.1) is 22.7 Å². The Hall–Kier alpha value is -4.94. The lowest BCUT2D eigenvalue weighted by atomic mass is 9.82. The molecule has 0 bridgehead atoms. The largest absolute Gasteiger partial charge is 0.490 e. The first kappa shape index (κ1) is 40.7. The lowest BCUT2D eigenvalue weighted by Crippen LogP contribution is -2.29. The predicted octanol–water partition coefficient (Wildman–Crippen LogP) is 7.12. The maximum absolute atomic E-state index is 12.1. The Balaban J connectivity index is 0.000000158. The number of nitrogens with one attached hydrogen (secondary N) is 4. The fourth-order valence-electron chi connectivity index (χ4n) is 5.26. The monoisotopic (exact) mass is 888 g/mol. The molecule has 0 spiro atoms. The van der Waals surface area contributed by atoms with Gasteiger partial charge in [0.25, 0.3) is 11.1 Å². The van der Waals surface area contributed by atoms with Crippen LogP contribution in [0.3, 0.4) is 0 Å². The second-order valence-corrected chi connectivity index (χ2v) is 16.5. The summed E-state index contributed by atoms with van der Waals surface area (Å²) in [4.78, 5) is 39.2. The first-order chi connectivity index (χ1) is 27.1. The molecule has 8 heterocycles. The zero-order chi connectivity index (χ0) is 39.4. The van der Waals surface area contributed by atoms with Crippen molar-refractivity contribution in [2.24, 2.45) is 0 Å². The van der Waals surface area contributed by atoms with E-state index in [1.54, 1.807) is 71.9 Å². The van der Waals surface area contributed by atoms with Gasteiger partial charge in [-0.2, -0.15) is 10.2 Å². The van der Waals surface area contributed by atoms with E-state index in [4.69, 9.17) is 33.2 Å². The smallest absolute Gasteiger partial charge is 0.423 e. The molecule has 12 nitrogen and oxygen atoms in total. The van der Waals surface area contributed by atoms with Gasteiger partial charge in [-0.1, -0.05) is 35.3 Å². The maximum Gasteiger partial charge on any atom is 0.490 e. The van der Waals surface area contributed by atoms with E-state index < -0.39 is 7.12 Å². The van der Waals surface area contributed by atoms with E-state index in [1.807, 2.05) is 54.6 Å². The Morgan fingerprint density at radius 2 is 1.21 bits per heavy atom. The number of aryl methyl sites for hydroxylation is 4. The standard InChI is InChI=1S/C19H15ClN4OS.C14H11BrClN3OS.C5H6BNO2/c20-18-6-5-15(26-18)4-3-14-9-17(24-23-14)13-8-16(19(25)22-11-13)12-2-1-7-21-10-12;15-11-5-8(7-17-14(11)20)12-6-9(18-19-12)1-2-10-3-4-13(16)21-10;8-6(9)5-2-1-3-7-4-5/h1-2,5-11H,3-4H2,(H,22,25)(H,23,24);3-7H,1-2H2,(H,17,20)(H,18,19);1-4,8-9H. The number of aromatic amines is 4. The van der Waals surface area contributed by atoms with Gasteiger partial charge in [0.05, 0.1) is 24.5 Å². The van der Waals surface area contributed by atoms with Gasteiger partial charge in [-0.3, -0.25) is 29.8 Å². The molecule has 0 amide bonds. The average molecular weight is 890 g/mol. The first-order valence-electron chi connectivity index (χ1n) is 17.0. The van der Waals surface area contributed by atoms with Crippen LogP contribution in [0.25, 0.3) is 33.6 Å². The van der Waals surface area contributed by atoms with E-state index in [0.29, 0.717) is 15.5 Å². The van der Waals surface area contributed by atoms with Crippen LogP contribution in [0, 0.1) is 0 Å². The molecule has 0 aliphatic heterocycles. The average Bonchev–Trinajstić information content (AvgIpc) is 4.05. The number of hydrogen-bond acceptors (Lipinski definition) is 10. The number of pyridine rings is 4. The van der Waals surface area contributed by atoms with Crippen LogP contribution in [0.4, 0.5) is 0 Å². The van der Waals surface area contributed by atoms with Crippen molar-refractivity contribution in [1.82, 2.24) is 40.3 Å². The summed E-state index contributed by atoms with van der Waals surface area (Å²) in [5.41, 5.74) is 6.89. The molecule has 8 aromatic rings. The van der Waals surface area contributed by atoms with Gasteiger partial charge < -0.3 is 20.0 Å². The van der Waals surface area contributed by atoms with Crippen LogP contribution in [-0.4, -0.2) is 57.5 Å². The number of thiophene rings is 2. The van der Waals surface area contributed by atoms with Crippen LogP contribution < -0.4 is 16.6 Å². The van der Waals surface area contributed by atoms with Crippen molar-refractivity contribution in [3.63, 3.8) is 0 Å². The van der Waals surface area contributed by atoms with E-state index in [-0.39, 0.29) is 11.1 Å². The molecule has 284 valence electrons. The third-order valence-corrected chi connectivity index (χ3v) is 11.3. The van der Waals surface area contributed by atoms with Gasteiger partial charge in [-0.25, -0.2) is 0 Å². The van der Waals surface area contributed by atoms with Gasteiger partial charge >= 0.3 is 7.12 Å². The van der Waals surface area contributed by atoms with Crippen molar-refractivity contribution in [3.8, 4) is 33.6 Å². The van der Waals surface area contributed by atoms with Crippen molar-refractivity contribution in [3.05, 3.63) is 165 Å². The van der Waals surface area contributed by atoms with Crippen molar-refractivity contribution in [1.29, 1.82) is 0 Å². The molecule has 8 rings (SSSR count). The van der Waals surface area contributed by atoms with Crippen LogP contribution in [0.5, 0.6) is 0 Å². The second-order valence-electron chi connectivity index (χ2n) is 12.1. The summed E-state index contributed by atoms with van der Waals surface area (Å²) in [5, 5.41) is 31.8. The minimum absolute atomic E-state index is 0.146. The van der Waals surface area contributed by atoms with Crippen LogP contribution >= 0.6 is 61.8 Å². The highest BCUT2D eigenvalue weighted by Gasteiger charge is 2.11. The fraction of sp³-hybridized carbons (Fsp3) is 0.105. The Kier molecular flexibility index (Phi) is 14.4. The third-order valence-electron chi connectivity index (χ3n) is 8.11. The Morgan fingerprint density at radius 3 is 1.68 bits per heavy atom. The maximum atomic E-state index is 12.1. The number of aromatic nitrogens is 8. The normalized spacial score (nSPS) is 10.7. The lowest BCUT2D eigenvalue weighted by Gasteiger charge is -2.02. The summed E-state index contributed by atoms with van der Waals surface area (Å²) in [7, 11) is -1.40. The SMILES string of the molecule is O=c1[nH]cc(-c2cc(CCc3ccc(Cl)s3)[nH]n2)cc1-c1cccnc1.O=c1[nH]cc(-c2cc(CCc3ccc(Cl)s3)[nH]n2)cc1Br.OB(O)c1cccnc1. The van der Waals surface area contributed by atoms with Crippen LogP contribution in [0.15, 0.2) is 124 Å². The molecule has 0 saturated carbocycles. The van der Waals surface area contributed by atoms with Gasteiger partial charge in [-0.05, 0) is 102 Å². The van der Waals surface area contributed by atoms with Gasteiger partial charge in [0.2, 0.25) is 0 Å². The summed E-state index contributed by atoms with van der Waals surface area (Å²) < 4.78 is 2.12. The molecule has 0 atom stereocenters. The molecular formula is C38H32BBrCl2N8O4S2. The Bertz CT molecular complexity index is 2590. The molecule has 0 aliphatic rings. The number of rotatable bonds is 10. The third kappa shape index (κ3) is 11.6. The number of hydrogen-bond donors (Lipinski definition) is 6. The molecule has 0 fully saturated rings. The summed E-state index contributed by atoms with van der Waals surface area (Å²) in [5.74, 6) is 0. The zero-order valence-electron chi connectivity index (χ0n) is 29.2. The molecule has 6 N–H and O–H groups in total. The number of nitrogens with zero attached hydrogens (tertiary/aromatic N) is 4. The highest BCUT2D eigenvalue weighted by atomic mass is 79.9. The van der Waals surface area contributed by atoms with Crippen LogP contribution in [-0.2, 0) is 25.7 Å². The van der Waals surface area contributed by atoms with E-state index in [2.05, 4.69) is 56.3 Å². The summed E-state index contributed by atoms with van der Waals surface area (Å²) in [6, 6.07) is 22.5. The molecule has 56 heavy (non-hydrogen) atoms. The van der Waals surface area contributed by atoms with Gasteiger partial charge in [0, 0.05) is 86.0 Å². The van der Waals surface area contributed by atoms with E-state index in [1.165, 1.54) is 16.0 Å². The second kappa shape index (κ2) is 19.8. The molecule has 0 aromatic carbocycles. The quantitative estimate of drug-likeness (QED) is 0.0784. The molecule has 18 heteroatoms. The molecule has 0 unspecified atom stereocenters. The zero-order valence-corrected chi connectivity index (χ0v) is 34.0. The van der Waals surface area contributed by atoms with Gasteiger partial charge in [0.1, 0.15) is 0 Å². The number of halogens is 3. The summed E-state index contributed by atoms with van der Waals surface area (Å²) in [6.07, 6.45) is 13.2. The van der Waals surface area contributed by atoms with E-state index in [9.17, 15) is 9.59 Å². The number of H-pyrrole nitrogens is 4. The minimum Gasteiger partial charge on any atom is -0.423 e. The van der Waals surface area contributed by atoms with Crippen molar-refractivity contribution in [2.75, 3.05) is 0 Å². The van der Waals surface area contributed by atoms with Crippen molar-refractivity contribution in [2.45, 2.75) is 25.7 Å². The first-order valence-corrected chi connectivity index (χ1v) is 20.1. The molecule has 0 radical (unpaired) electrons. The Morgan fingerprint density at radius 1 is 0.661 bits per heavy atom.